The zero-order valence-corrected chi connectivity index (χ0v) is 18.4. The number of nitrogens with zero attached hydrogens (tertiary/aromatic N) is 2. The third-order valence-corrected chi connectivity index (χ3v) is 5.95. The topological polar surface area (TPSA) is 98.2 Å². The molecule has 6 heteroatoms. The Balaban J connectivity index is 1.72. The van der Waals surface area contributed by atoms with Gasteiger partial charge in [0, 0.05) is 29.0 Å². The number of rotatable bonds is 5. The number of aromatic nitrogens is 2. The van der Waals surface area contributed by atoms with E-state index in [1.165, 1.54) is 0 Å². The summed E-state index contributed by atoms with van der Waals surface area (Å²) in [4.78, 5) is 27.5. The van der Waals surface area contributed by atoms with Crippen LogP contribution in [-0.4, -0.2) is 26.5 Å². The van der Waals surface area contributed by atoms with E-state index in [1.807, 2.05) is 72.3 Å². The Morgan fingerprint density at radius 3 is 2.24 bits per heavy atom. The Kier molecular flexibility index (Phi) is 5.18. The number of nitrogens with two attached hydrogens (primary N) is 1. The number of aromatic carboxylic acids is 1. The summed E-state index contributed by atoms with van der Waals surface area (Å²) in [6, 6.07) is 24.5. The standard InChI is InChI=1S/C28H21N3O3/c1-17-13-21(27(29)32)10-11-24(17)31-25(14-20-8-9-22(28(33)34)15-26(20)31)19-6-4-18(5-7-19)23-3-2-12-30-16-23/h2-16H,1H3,(H2,29,32)(H,33,34). The fourth-order valence-electron chi connectivity index (χ4n) is 4.23. The fourth-order valence-corrected chi connectivity index (χ4v) is 4.23. The summed E-state index contributed by atoms with van der Waals surface area (Å²) in [6.07, 6.45) is 3.57. The molecule has 6 nitrogen and oxygen atoms in total. The molecular formula is C28H21N3O3. The fraction of sp³-hybridized carbons (Fsp3) is 0.0357. The summed E-state index contributed by atoms with van der Waals surface area (Å²) >= 11 is 0. The monoisotopic (exact) mass is 447 g/mol. The highest BCUT2D eigenvalue weighted by atomic mass is 16.4. The largest absolute Gasteiger partial charge is 0.478 e. The van der Waals surface area contributed by atoms with Crippen molar-refractivity contribution in [3.63, 3.8) is 0 Å². The molecule has 0 aliphatic heterocycles. The molecule has 0 fully saturated rings. The molecule has 0 atom stereocenters. The van der Waals surface area contributed by atoms with Gasteiger partial charge in [-0.1, -0.05) is 36.4 Å². The molecule has 3 aromatic carbocycles. The van der Waals surface area contributed by atoms with Gasteiger partial charge in [0.05, 0.1) is 16.8 Å². The number of pyridine rings is 1. The van der Waals surface area contributed by atoms with E-state index < -0.39 is 11.9 Å². The average molecular weight is 447 g/mol. The van der Waals surface area contributed by atoms with Crippen molar-refractivity contribution in [2.75, 3.05) is 0 Å². The molecule has 2 heterocycles. The normalized spacial score (nSPS) is 11.0. The zero-order chi connectivity index (χ0) is 23.8. The minimum atomic E-state index is -0.988. The smallest absolute Gasteiger partial charge is 0.335 e. The molecule has 166 valence electrons. The minimum absolute atomic E-state index is 0.205. The summed E-state index contributed by atoms with van der Waals surface area (Å²) in [5, 5.41) is 10.5. The number of hydrogen-bond acceptors (Lipinski definition) is 3. The van der Waals surface area contributed by atoms with Gasteiger partial charge in [-0.15, -0.1) is 0 Å². The van der Waals surface area contributed by atoms with Gasteiger partial charge in [0.25, 0.3) is 0 Å². The quantitative estimate of drug-likeness (QED) is 0.373. The van der Waals surface area contributed by atoms with Crippen molar-refractivity contribution < 1.29 is 14.7 Å². The van der Waals surface area contributed by atoms with E-state index in [0.29, 0.717) is 5.56 Å². The second-order valence-electron chi connectivity index (χ2n) is 8.13. The molecule has 0 saturated heterocycles. The van der Waals surface area contributed by atoms with Gasteiger partial charge in [-0.25, -0.2) is 4.79 Å². The van der Waals surface area contributed by atoms with Crippen molar-refractivity contribution in [2.24, 2.45) is 5.73 Å². The Morgan fingerprint density at radius 1 is 0.853 bits per heavy atom. The lowest BCUT2D eigenvalue weighted by Gasteiger charge is -2.15. The third kappa shape index (κ3) is 3.71. The van der Waals surface area contributed by atoms with Gasteiger partial charge >= 0.3 is 5.97 Å². The van der Waals surface area contributed by atoms with E-state index in [0.717, 1.165) is 44.5 Å². The molecule has 5 rings (SSSR count). The second kappa shape index (κ2) is 8.33. The molecule has 0 spiro atoms. The van der Waals surface area contributed by atoms with Gasteiger partial charge in [0.1, 0.15) is 0 Å². The highest BCUT2D eigenvalue weighted by Gasteiger charge is 2.17. The number of carboxylic acids is 1. The van der Waals surface area contributed by atoms with E-state index in [4.69, 9.17) is 5.73 Å². The highest BCUT2D eigenvalue weighted by Crippen LogP contribution is 2.34. The first-order valence-electron chi connectivity index (χ1n) is 10.7. The Morgan fingerprint density at radius 2 is 1.59 bits per heavy atom. The Hall–Kier alpha value is -4.71. The van der Waals surface area contributed by atoms with Gasteiger partial charge in [-0.05, 0) is 71.6 Å². The molecule has 0 bridgehead atoms. The summed E-state index contributed by atoms with van der Waals surface area (Å²) in [7, 11) is 0. The van der Waals surface area contributed by atoms with Crippen molar-refractivity contribution >= 4 is 22.8 Å². The van der Waals surface area contributed by atoms with Crippen molar-refractivity contribution in [3.8, 4) is 28.1 Å². The van der Waals surface area contributed by atoms with Crippen LogP contribution in [0.15, 0.2) is 91.3 Å². The number of aryl methyl sites for hydroxylation is 1. The number of amides is 1. The lowest BCUT2D eigenvalue weighted by molar-refractivity contribution is 0.0696. The first kappa shape index (κ1) is 21.2. The lowest BCUT2D eigenvalue weighted by Crippen LogP contribution is -2.11. The molecule has 2 aromatic heterocycles. The maximum atomic E-state index is 11.7. The van der Waals surface area contributed by atoms with Crippen LogP contribution in [0.2, 0.25) is 0 Å². The SMILES string of the molecule is Cc1cc(C(N)=O)ccc1-n1c(-c2ccc(-c3cccnc3)cc2)cc2ccc(C(=O)O)cc21. The number of benzene rings is 3. The van der Waals surface area contributed by atoms with E-state index in [-0.39, 0.29) is 5.56 Å². The van der Waals surface area contributed by atoms with Crippen LogP contribution in [0.5, 0.6) is 0 Å². The predicted molar refractivity (Wildman–Crippen MR) is 132 cm³/mol. The minimum Gasteiger partial charge on any atom is -0.478 e. The van der Waals surface area contributed by atoms with Crippen LogP contribution in [0.25, 0.3) is 39.0 Å². The molecule has 0 unspecified atom stereocenters. The van der Waals surface area contributed by atoms with Crippen LogP contribution < -0.4 is 5.73 Å². The molecular weight excluding hydrogens is 426 g/mol. The van der Waals surface area contributed by atoms with Crippen LogP contribution >= 0.6 is 0 Å². The average Bonchev–Trinajstić information content (AvgIpc) is 3.23. The van der Waals surface area contributed by atoms with Gasteiger partial charge < -0.3 is 15.4 Å². The molecule has 0 saturated carbocycles. The van der Waals surface area contributed by atoms with E-state index in [9.17, 15) is 14.7 Å². The van der Waals surface area contributed by atoms with Gasteiger partial charge in [0.15, 0.2) is 0 Å². The predicted octanol–water partition coefficient (Wildman–Crippen LogP) is 5.47. The summed E-state index contributed by atoms with van der Waals surface area (Å²) < 4.78 is 2.03. The number of carbonyl (C=O) groups excluding carboxylic acids is 1. The van der Waals surface area contributed by atoms with E-state index in [1.54, 1.807) is 30.5 Å². The van der Waals surface area contributed by atoms with Gasteiger partial charge in [-0.2, -0.15) is 0 Å². The summed E-state index contributed by atoms with van der Waals surface area (Å²) in [5.74, 6) is -1.48. The molecule has 34 heavy (non-hydrogen) atoms. The summed E-state index contributed by atoms with van der Waals surface area (Å²) in [5.41, 5.74) is 12.5. The van der Waals surface area contributed by atoms with Crippen molar-refractivity contribution in [1.29, 1.82) is 0 Å². The maximum absolute atomic E-state index is 11.7. The van der Waals surface area contributed by atoms with Crippen LogP contribution in [0.4, 0.5) is 0 Å². The number of primary amides is 1. The van der Waals surface area contributed by atoms with Crippen LogP contribution in [-0.2, 0) is 0 Å². The van der Waals surface area contributed by atoms with Gasteiger partial charge in [0.2, 0.25) is 5.91 Å². The van der Waals surface area contributed by atoms with Crippen LogP contribution in [0, 0.1) is 6.92 Å². The van der Waals surface area contributed by atoms with Crippen molar-refractivity contribution in [2.45, 2.75) is 6.92 Å². The molecule has 5 aromatic rings. The number of fused-ring (bicyclic) bond motifs is 1. The van der Waals surface area contributed by atoms with Crippen LogP contribution in [0.1, 0.15) is 26.3 Å². The van der Waals surface area contributed by atoms with Crippen molar-refractivity contribution in [3.05, 3.63) is 108 Å². The highest BCUT2D eigenvalue weighted by molar-refractivity contribution is 5.97. The maximum Gasteiger partial charge on any atom is 0.335 e. The van der Waals surface area contributed by atoms with E-state index in [2.05, 4.69) is 4.98 Å². The molecule has 3 N–H and O–H groups in total. The molecule has 0 aliphatic rings. The third-order valence-electron chi connectivity index (χ3n) is 5.95. The van der Waals surface area contributed by atoms with Gasteiger partial charge in [-0.3, -0.25) is 9.78 Å². The zero-order valence-electron chi connectivity index (χ0n) is 18.4. The number of hydrogen-bond donors (Lipinski definition) is 2. The first-order valence-corrected chi connectivity index (χ1v) is 10.7. The molecule has 1 amide bonds. The first-order chi connectivity index (χ1) is 16.4. The number of carbonyl (C=O) groups is 2. The Bertz CT molecular complexity index is 1550. The van der Waals surface area contributed by atoms with Crippen molar-refractivity contribution in [1.82, 2.24) is 9.55 Å². The number of carboxylic acid groups (broad SMARTS) is 1. The van der Waals surface area contributed by atoms with Crippen LogP contribution in [0.3, 0.4) is 0 Å². The molecule has 0 radical (unpaired) electrons. The summed E-state index contributed by atoms with van der Waals surface area (Å²) in [6.45, 7) is 1.91. The lowest BCUT2D eigenvalue weighted by atomic mass is 10.0. The molecule has 0 aliphatic carbocycles. The Labute approximate surface area is 195 Å². The second-order valence-corrected chi connectivity index (χ2v) is 8.13. The van der Waals surface area contributed by atoms with E-state index >= 15 is 0 Å².